The number of aryl methyl sites for hydroxylation is 1. The molecular weight excluding hydrogens is 270 g/mol. The van der Waals surface area contributed by atoms with Crippen molar-refractivity contribution in [2.24, 2.45) is 5.73 Å². The molecule has 0 aliphatic carbocycles. The third-order valence-electron chi connectivity index (χ3n) is 2.83. The minimum Gasteiger partial charge on any atom is -0.408 e. The fourth-order valence-electron chi connectivity index (χ4n) is 1.95. The van der Waals surface area contributed by atoms with Crippen LogP contribution in [0.1, 0.15) is 11.5 Å². The number of carbonyl (C=O) groups excluding carboxylic acids is 1. The second kappa shape index (κ2) is 7.51. The summed E-state index contributed by atoms with van der Waals surface area (Å²) in [4.78, 5) is 13.9. The van der Waals surface area contributed by atoms with Gasteiger partial charge in [0, 0.05) is 26.6 Å². The molecule has 0 bridgehead atoms. The Balaban J connectivity index is 1.91. The lowest BCUT2D eigenvalue weighted by atomic mass is 10.2. The average molecular weight is 289 g/mol. The number of rotatable bonds is 7. The molecule has 1 amide bonds. The van der Waals surface area contributed by atoms with Gasteiger partial charge in [-0.2, -0.15) is 0 Å². The number of carbonyl (C=O) groups is 1. The molecule has 21 heavy (non-hydrogen) atoms. The molecular formula is C14H19N5O2. The number of benzene rings is 1. The number of amides is 1. The van der Waals surface area contributed by atoms with Gasteiger partial charge in [-0.15, -0.1) is 5.10 Å². The maximum absolute atomic E-state index is 12.0. The van der Waals surface area contributed by atoms with Crippen molar-refractivity contribution in [3.63, 3.8) is 0 Å². The molecule has 0 aliphatic heterocycles. The summed E-state index contributed by atoms with van der Waals surface area (Å²) in [5, 5.41) is 9.96. The highest BCUT2D eigenvalue weighted by Gasteiger charge is 2.13. The van der Waals surface area contributed by atoms with E-state index in [0.29, 0.717) is 25.5 Å². The summed E-state index contributed by atoms with van der Waals surface area (Å²) in [5.41, 5.74) is 6.73. The minimum absolute atomic E-state index is 0.116. The Morgan fingerprint density at radius 3 is 2.71 bits per heavy atom. The molecule has 0 aliphatic rings. The zero-order valence-corrected chi connectivity index (χ0v) is 12.0. The zero-order valence-electron chi connectivity index (χ0n) is 12.0. The molecule has 0 fully saturated rings. The van der Waals surface area contributed by atoms with Crippen molar-refractivity contribution < 1.29 is 9.21 Å². The number of nitrogens with two attached hydrogens (primary N) is 1. The third-order valence-corrected chi connectivity index (χ3v) is 2.83. The van der Waals surface area contributed by atoms with E-state index in [0.717, 1.165) is 5.56 Å². The molecule has 1 aromatic heterocycles. The van der Waals surface area contributed by atoms with Gasteiger partial charge in [-0.25, -0.2) is 0 Å². The number of hydrogen-bond donors (Lipinski definition) is 2. The van der Waals surface area contributed by atoms with E-state index >= 15 is 0 Å². The minimum atomic E-state index is -0.206. The van der Waals surface area contributed by atoms with Crippen molar-refractivity contribution >= 4 is 11.9 Å². The van der Waals surface area contributed by atoms with Crippen molar-refractivity contribution in [1.82, 2.24) is 15.1 Å². The van der Waals surface area contributed by atoms with Crippen LogP contribution in [0.4, 0.5) is 6.01 Å². The van der Waals surface area contributed by atoms with Gasteiger partial charge in [0.25, 0.3) is 0 Å². The molecule has 3 N–H and O–H groups in total. The number of nitrogens with one attached hydrogen (secondary N) is 1. The van der Waals surface area contributed by atoms with Gasteiger partial charge in [0.1, 0.15) is 0 Å². The molecule has 0 radical (unpaired) electrons. The van der Waals surface area contributed by atoms with Crippen LogP contribution in [-0.2, 0) is 11.3 Å². The first-order chi connectivity index (χ1) is 10.2. The lowest BCUT2D eigenvalue weighted by Crippen LogP contribution is -2.36. The van der Waals surface area contributed by atoms with E-state index in [1.807, 2.05) is 35.2 Å². The average Bonchev–Trinajstić information content (AvgIpc) is 2.85. The lowest BCUT2D eigenvalue weighted by molar-refractivity contribution is -0.117. The van der Waals surface area contributed by atoms with Crippen LogP contribution < -0.4 is 11.1 Å². The number of hydrogen-bond acceptors (Lipinski definition) is 6. The molecule has 1 aromatic carbocycles. The summed E-state index contributed by atoms with van der Waals surface area (Å²) in [6, 6.07) is 10.0. The maximum atomic E-state index is 12.0. The summed E-state index contributed by atoms with van der Waals surface area (Å²) in [5.74, 6) is 0.205. The van der Waals surface area contributed by atoms with Gasteiger partial charge < -0.3 is 10.2 Å². The Labute approximate surface area is 123 Å². The SMILES string of the molecule is Cc1nnc(NC(=O)CN(CCN)Cc2ccccc2)o1. The van der Waals surface area contributed by atoms with E-state index in [1.54, 1.807) is 6.92 Å². The summed E-state index contributed by atoms with van der Waals surface area (Å²) < 4.78 is 5.12. The van der Waals surface area contributed by atoms with Gasteiger partial charge in [-0.05, 0) is 5.56 Å². The molecule has 0 saturated heterocycles. The highest BCUT2D eigenvalue weighted by molar-refractivity contribution is 5.90. The molecule has 0 atom stereocenters. The summed E-state index contributed by atoms with van der Waals surface area (Å²) in [6.07, 6.45) is 0. The van der Waals surface area contributed by atoms with Crippen molar-refractivity contribution in [1.29, 1.82) is 0 Å². The first-order valence-corrected chi connectivity index (χ1v) is 6.73. The Morgan fingerprint density at radius 1 is 1.33 bits per heavy atom. The van der Waals surface area contributed by atoms with Crippen LogP contribution in [0.5, 0.6) is 0 Å². The maximum Gasteiger partial charge on any atom is 0.322 e. The standard InChI is InChI=1S/C14H19N5O2/c1-11-17-18-14(21-11)16-13(20)10-19(8-7-15)9-12-5-3-2-4-6-12/h2-6H,7-10,15H2,1H3,(H,16,18,20). The largest absolute Gasteiger partial charge is 0.408 e. The first-order valence-electron chi connectivity index (χ1n) is 6.73. The molecule has 0 unspecified atom stereocenters. The van der Waals surface area contributed by atoms with Crippen LogP contribution in [-0.4, -0.2) is 40.6 Å². The summed E-state index contributed by atoms with van der Waals surface area (Å²) >= 11 is 0. The highest BCUT2D eigenvalue weighted by atomic mass is 16.4. The van der Waals surface area contributed by atoms with Gasteiger partial charge in [0.15, 0.2) is 0 Å². The van der Waals surface area contributed by atoms with Gasteiger partial charge in [0.05, 0.1) is 6.54 Å². The molecule has 1 heterocycles. The van der Waals surface area contributed by atoms with E-state index in [-0.39, 0.29) is 18.5 Å². The smallest absolute Gasteiger partial charge is 0.322 e. The van der Waals surface area contributed by atoms with E-state index in [4.69, 9.17) is 10.2 Å². The van der Waals surface area contributed by atoms with Crippen LogP contribution in [0.3, 0.4) is 0 Å². The van der Waals surface area contributed by atoms with Crippen molar-refractivity contribution in [2.75, 3.05) is 25.0 Å². The van der Waals surface area contributed by atoms with Crippen molar-refractivity contribution in [3.05, 3.63) is 41.8 Å². The molecule has 112 valence electrons. The normalized spacial score (nSPS) is 10.8. The fourth-order valence-corrected chi connectivity index (χ4v) is 1.95. The predicted octanol–water partition coefficient (Wildman–Crippen LogP) is 0.777. The Bertz CT molecular complexity index is 570. The summed E-state index contributed by atoms with van der Waals surface area (Å²) in [7, 11) is 0. The summed E-state index contributed by atoms with van der Waals surface area (Å²) in [6.45, 7) is 3.66. The Hall–Kier alpha value is -2.25. The van der Waals surface area contributed by atoms with Crippen molar-refractivity contribution in [3.8, 4) is 0 Å². The van der Waals surface area contributed by atoms with Crippen molar-refractivity contribution in [2.45, 2.75) is 13.5 Å². The van der Waals surface area contributed by atoms with Crippen LogP contribution in [0.25, 0.3) is 0 Å². The van der Waals surface area contributed by atoms with Gasteiger partial charge in [-0.1, -0.05) is 35.4 Å². The molecule has 0 saturated carbocycles. The molecule has 7 heteroatoms. The Kier molecular flexibility index (Phi) is 5.42. The second-order valence-electron chi connectivity index (χ2n) is 4.66. The predicted molar refractivity (Wildman–Crippen MR) is 78.4 cm³/mol. The number of anilines is 1. The number of aromatic nitrogens is 2. The van der Waals surface area contributed by atoms with Gasteiger partial charge in [0.2, 0.25) is 11.8 Å². The highest BCUT2D eigenvalue weighted by Crippen LogP contribution is 2.06. The van der Waals surface area contributed by atoms with Crippen LogP contribution >= 0.6 is 0 Å². The van der Waals surface area contributed by atoms with Crippen LogP contribution in [0.15, 0.2) is 34.7 Å². The number of nitrogens with zero attached hydrogens (tertiary/aromatic N) is 3. The van der Waals surface area contributed by atoms with E-state index in [2.05, 4.69) is 15.5 Å². The quantitative estimate of drug-likeness (QED) is 0.781. The third kappa shape index (κ3) is 4.97. The van der Waals surface area contributed by atoms with Gasteiger partial charge in [-0.3, -0.25) is 15.0 Å². The zero-order chi connectivity index (χ0) is 15.1. The topological polar surface area (TPSA) is 97.3 Å². The lowest BCUT2D eigenvalue weighted by Gasteiger charge is -2.20. The van der Waals surface area contributed by atoms with Gasteiger partial charge >= 0.3 is 6.01 Å². The second-order valence-corrected chi connectivity index (χ2v) is 4.66. The molecule has 7 nitrogen and oxygen atoms in total. The fraction of sp³-hybridized carbons (Fsp3) is 0.357. The molecule has 2 aromatic rings. The monoisotopic (exact) mass is 289 g/mol. The molecule has 2 rings (SSSR count). The van der Waals surface area contributed by atoms with E-state index in [9.17, 15) is 4.79 Å². The van der Waals surface area contributed by atoms with E-state index in [1.165, 1.54) is 0 Å². The van der Waals surface area contributed by atoms with Crippen LogP contribution in [0.2, 0.25) is 0 Å². The molecule has 0 spiro atoms. The Morgan fingerprint density at radius 2 is 2.10 bits per heavy atom. The van der Waals surface area contributed by atoms with Crippen LogP contribution in [0, 0.1) is 6.92 Å². The first kappa shape index (κ1) is 15.1. The van der Waals surface area contributed by atoms with E-state index < -0.39 is 0 Å².